The maximum absolute atomic E-state index is 3.67. The van der Waals surface area contributed by atoms with Crippen LogP contribution in [0.5, 0.6) is 0 Å². The number of allylic oxidation sites excluding steroid dienone is 6. The summed E-state index contributed by atoms with van der Waals surface area (Å²) < 4.78 is 0. The SMILES string of the molecule is C=CC/C(C)=C/C=C(/C)C=C. The van der Waals surface area contributed by atoms with Crippen LogP contribution in [0.4, 0.5) is 0 Å². The van der Waals surface area contributed by atoms with Crippen molar-refractivity contribution in [3.05, 3.63) is 48.6 Å². The molecule has 0 spiro atoms. The van der Waals surface area contributed by atoms with Gasteiger partial charge in [-0.3, -0.25) is 0 Å². The molecular weight excluding hydrogens is 132 g/mol. The lowest BCUT2D eigenvalue weighted by Crippen LogP contribution is -1.71. The molecule has 0 heterocycles. The predicted octanol–water partition coefficient (Wildman–Crippen LogP) is 3.64. The van der Waals surface area contributed by atoms with E-state index in [-0.39, 0.29) is 0 Å². The maximum atomic E-state index is 3.67. The van der Waals surface area contributed by atoms with E-state index in [0.29, 0.717) is 0 Å². The summed E-state index contributed by atoms with van der Waals surface area (Å²) >= 11 is 0. The van der Waals surface area contributed by atoms with Gasteiger partial charge in [-0.2, -0.15) is 0 Å². The van der Waals surface area contributed by atoms with Crippen molar-refractivity contribution in [1.82, 2.24) is 0 Å². The van der Waals surface area contributed by atoms with Crippen LogP contribution in [-0.4, -0.2) is 0 Å². The first kappa shape index (κ1) is 9.96. The molecule has 0 aliphatic heterocycles. The Balaban J connectivity index is 4.09. The van der Waals surface area contributed by atoms with Crippen LogP contribution in [0, 0.1) is 0 Å². The van der Waals surface area contributed by atoms with Gasteiger partial charge in [0, 0.05) is 0 Å². The molecule has 0 saturated carbocycles. The first-order valence-electron chi connectivity index (χ1n) is 3.78. The van der Waals surface area contributed by atoms with E-state index in [1.54, 1.807) is 0 Å². The molecule has 60 valence electrons. The van der Waals surface area contributed by atoms with Crippen molar-refractivity contribution in [2.45, 2.75) is 20.3 Å². The minimum atomic E-state index is 0.959. The molecule has 0 rings (SSSR count). The lowest BCUT2D eigenvalue weighted by atomic mass is 10.2. The third-order valence-electron chi connectivity index (χ3n) is 1.42. The zero-order valence-electron chi connectivity index (χ0n) is 7.43. The number of hydrogen-bond donors (Lipinski definition) is 0. The van der Waals surface area contributed by atoms with Gasteiger partial charge in [0.1, 0.15) is 0 Å². The first-order chi connectivity index (χ1) is 5.20. The average Bonchev–Trinajstić information content (AvgIpc) is 2.01. The highest BCUT2D eigenvalue weighted by molar-refractivity contribution is 5.22. The van der Waals surface area contributed by atoms with E-state index in [1.165, 1.54) is 11.1 Å². The Kier molecular flexibility index (Phi) is 5.18. The van der Waals surface area contributed by atoms with Gasteiger partial charge in [-0.05, 0) is 20.3 Å². The second kappa shape index (κ2) is 5.72. The van der Waals surface area contributed by atoms with Crippen molar-refractivity contribution in [3.63, 3.8) is 0 Å². The topological polar surface area (TPSA) is 0 Å². The Morgan fingerprint density at radius 2 is 1.82 bits per heavy atom. The summed E-state index contributed by atoms with van der Waals surface area (Å²) in [6.45, 7) is 11.5. The summed E-state index contributed by atoms with van der Waals surface area (Å²) in [4.78, 5) is 0. The minimum Gasteiger partial charge on any atom is -0.103 e. The summed E-state index contributed by atoms with van der Waals surface area (Å²) in [7, 11) is 0. The second-order valence-electron chi connectivity index (χ2n) is 2.62. The number of rotatable bonds is 4. The standard InChI is InChI=1S/C11H16/c1-5-7-11(4)9-8-10(3)6-2/h5-6,8-9H,1-2,7H2,3-4H3/b10-8-,11-9+. The second-order valence-corrected chi connectivity index (χ2v) is 2.62. The smallest absolute Gasteiger partial charge is 0.0141 e. The summed E-state index contributed by atoms with van der Waals surface area (Å²) in [5.41, 5.74) is 2.51. The Bertz CT molecular complexity index is 192. The summed E-state index contributed by atoms with van der Waals surface area (Å²) in [6.07, 6.45) is 8.87. The first-order valence-corrected chi connectivity index (χ1v) is 3.78. The quantitative estimate of drug-likeness (QED) is 0.422. The van der Waals surface area contributed by atoms with Crippen LogP contribution in [0.3, 0.4) is 0 Å². The van der Waals surface area contributed by atoms with E-state index in [4.69, 9.17) is 0 Å². The van der Waals surface area contributed by atoms with E-state index in [0.717, 1.165) is 6.42 Å². The van der Waals surface area contributed by atoms with Crippen LogP contribution in [0.1, 0.15) is 20.3 Å². The molecule has 0 fully saturated rings. The van der Waals surface area contributed by atoms with Gasteiger partial charge in [0.05, 0.1) is 0 Å². The lowest BCUT2D eigenvalue weighted by molar-refractivity contribution is 1.22. The van der Waals surface area contributed by atoms with E-state index in [2.05, 4.69) is 32.2 Å². The molecule has 0 heteroatoms. The Morgan fingerprint density at radius 1 is 1.18 bits per heavy atom. The molecule has 0 unspecified atom stereocenters. The third kappa shape index (κ3) is 5.41. The van der Waals surface area contributed by atoms with E-state index >= 15 is 0 Å². The molecule has 0 nitrogen and oxygen atoms in total. The van der Waals surface area contributed by atoms with Gasteiger partial charge in [0.15, 0.2) is 0 Å². The summed E-state index contributed by atoms with van der Waals surface area (Å²) in [5, 5.41) is 0. The Hall–Kier alpha value is -1.04. The van der Waals surface area contributed by atoms with Crippen molar-refractivity contribution in [2.75, 3.05) is 0 Å². The molecule has 0 aliphatic carbocycles. The van der Waals surface area contributed by atoms with Crippen LogP contribution in [0.25, 0.3) is 0 Å². The molecule has 0 atom stereocenters. The molecule has 0 aromatic heterocycles. The molecular formula is C11H16. The molecule has 0 aliphatic rings. The molecule has 0 bridgehead atoms. The van der Waals surface area contributed by atoms with Crippen molar-refractivity contribution in [2.24, 2.45) is 0 Å². The van der Waals surface area contributed by atoms with E-state index in [1.807, 2.05) is 19.1 Å². The van der Waals surface area contributed by atoms with Crippen molar-refractivity contribution < 1.29 is 0 Å². The van der Waals surface area contributed by atoms with Crippen molar-refractivity contribution in [1.29, 1.82) is 0 Å². The largest absolute Gasteiger partial charge is 0.103 e. The third-order valence-corrected chi connectivity index (χ3v) is 1.42. The number of hydrogen-bond acceptors (Lipinski definition) is 0. The monoisotopic (exact) mass is 148 g/mol. The van der Waals surface area contributed by atoms with Gasteiger partial charge in [0.2, 0.25) is 0 Å². The molecule has 0 aromatic rings. The molecule has 11 heavy (non-hydrogen) atoms. The fraction of sp³-hybridized carbons (Fsp3) is 0.273. The van der Waals surface area contributed by atoms with Gasteiger partial charge in [-0.15, -0.1) is 6.58 Å². The Labute approximate surface area is 69.6 Å². The average molecular weight is 148 g/mol. The Morgan fingerprint density at radius 3 is 2.27 bits per heavy atom. The highest BCUT2D eigenvalue weighted by Crippen LogP contribution is 2.02. The normalized spacial score (nSPS) is 12.9. The molecule has 0 aromatic carbocycles. The molecule has 0 amide bonds. The molecule has 0 saturated heterocycles. The van der Waals surface area contributed by atoms with Crippen LogP contribution in [-0.2, 0) is 0 Å². The summed E-state index contributed by atoms with van der Waals surface area (Å²) in [5.74, 6) is 0. The van der Waals surface area contributed by atoms with E-state index < -0.39 is 0 Å². The lowest BCUT2D eigenvalue weighted by Gasteiger charge is -1.91. The zero-order valence-corrected chi connectivity index (χ0v) is 7.43. The van der Waals surface area contributed by atoms with Gasteiger partial charge in [-0.25, -0.2) is 0 Å². The highest BCUT2D eigenvalue weighted by atomic mass is 13.9. The molecule has 0 radical (unpaired) electrons. The van der Waals surface area contributed by atoms with Gasteiger partial charge < -0.3 is 0 Å². The van der Waals surface area contributed by atoms with Gasteiger partial charge >= 0.3 is 0 Å². The summed E-state index contributed by atoms with van der Waals surface area (Å²) in [6, 6.07) is 0. The zero-order chi connectivity index (χ0) is 8.69. The molecule has 0 N–H and O–H groups in total. The van der Waals surface area contributed by atoms with Crippen LogP contribution >= 0.6 is 0 Å². The van der Waals surface area contributed by atoms with Crippen LogP contribution in [0.2, 0.25) is 0 Å². The van der Waals surface area contributed by atoms with Crippen LogP contribution in [0.15, 0.2) is 48.6 Å². The fourth-order valence-electron chi connectivity index (χ4n) is 0.637. The van der Waals surface area contributed by atoms with Crippen molar-refractivity contribution in [3.8, 4) is 0 Å². The minimum absolute atomic E-state index is 0.959. The predicted molar refractivity (Wildman–Crippen MR) is 52.5 cm³/mol. The van der Waals surface area contributed by atoms with Gasteiger partial charge in [0.25, 0.3) is 0 Å². The van der Waals surface area contributed by atoms with Crippen LogP contribution < -0.4 is 0 Å². The van der Waals surface area contributed by atoms with E-state index in [9.17, 15) is 0 Å². The highest BCUT2D eigenvalue weighted by Gasteiger charge is 1.81. The van der Waals surface area contributed by atoms with Crippen molar-refractivity contribution >= 4 is 0 Å². The maximum Gasteiger partial charge on any atom is -0.0141 e. The van der Waals surface area contributed by atoms with Gasteiger partial charge in [-0.1, -0.05) is 42.0 Å². The fourth-order valence-corrected chi connectivity index (χ4v) is 0.637.